The van der Waals surface area contributed by atoms with Crippen molar-refractivity contribution in [1.82, 2.24) is 0 Å². The van der Waals surface area contributed by atoms with Crippen molar-refractivity contribution >= 4 is 0 Å². The Balaban J connectivity index is 2.50. The van der Waals surface area contributed by atoms with Gasteiger partial charge in [-0.1, -0.05) is 34.6 Å². The highest BCUT2D eigenvalue weighted by Gasteiger charge is 2.30. The smallest absolute Gasteiger partial charge is 0.0381 e. The molecule has 4 atom stereocenters. The summed E-state index contributed by atoms with van der Waals surface area (Å²) in [6.07, 6.45) is 4.37. The first kappa shape index (κ1) is 11.1. The SMILES string of the molecule is CC(C)CC1CC(C)CC(C)C1C. The highest BCUT2D eigenvalue weighted by atomic mass is 14.4. The van der Waals surface area contributed by atoms with Crippen molar-refractivity contribution in [2.75, 3.05) is 0 Å². The molecule has 0 spiro atoms. The van der Waals surface area contributed by atoms with Gasteiger partial charge in [-0.3, -0.25) is 0 Å². The molecule has 13 heavy (non-hydrogen) atoms. The van der Waals surface area contributed by atoms with E-state index in [1.807, 2.05) is 0 Å². The number of hydrogen-bond donors (Lipinski definition) is 0. The van der Waals surface area contributed by atoms with Crippen LogP contribution in [0.1, 0.15) is 53.9 Å². The summed E-state index contributed by atoms with van der Waals surface area (Å²) in [4.78, 5) is 0. The van der Waals surface area contributed by atoms with Gasteiger partial charge in [0.2, 0.25) is 0 Å². The molecule has 0 bridgehead atoms. The van der Waals surface area contributed by atoms with Gasteiger partial charge >= 0.3 is 0 Å². The topological polar surface area (TPSA) is 0 Å². The molecule has 1 rings (SSSR count). The molecule has 0 heterocycles. The first-order chi connectivity index (χ1) is 6.00. The Labute approximate surface area is 84.1 Å². The van der Waals surface area contributed by atoms with Crippen molar-refractivity contribution in [1.29, 1.82) is 0 Å². The summed E-state index contributed by atoms with van der Waals surface area (Å²) in [6, 6.07) is 0. The zero-order valence-corrected chi connectivity index (χ0v) is 10.0. The van der Waals surface area contributed by atoms with Crippen molar-refractivity contribution in [2.45, 2.75) is 53.9 Å². The fourth-order valence-corrected chi connectivity index (χ4v) is 3.06. The highest BCUT2D eigenvalue weighted by Crippen LogP contribution is 2.40. The van der Waals surface area contributed by atoms with Crippen molar-refractivity contribution < 1.29 is 0 Å². The van der Waals surface area contributed by atoms with Gasteiger partial charge in [0.1, 0.15) is 0 Å². The van der Waals surface area contributed by atoms with Gasteiger partial charge in [-0.05, 0) is 48.9 Å². The quantitative estimate of drug-likeness (QED) is 0.595. The van der Waals surface area contributed by atoms with E-state index in [4.69, 9.17) is 0 Å². The standard InChI is InChI=1S/C13H26/c1-9(2)6-13-8-10(3)7-11(4)12(13)5/h9-13H,6-8H2,1-5H3. The maximum atomic E-state index is 2.46. The predicted molar refractivity (Wildman–Crippen MR) is 59.7 cm³/mol. The molecule has 0 heteroatoms. The van der Waals surface area contributed by atoms with Gasteiger partial charge in [0, 0.05) is 0 Å². The Morgan fingerprint density at radius 1 is 1.08 bits per heavy atom. The van der Waals surface area contributed by atoms with Crippen LogP contribution in [0.25, 0.3) is 0 Å². The summed E-state index contributed by atoms with van der Waals surface area (Å²) in [6.45, 7) is 12.0. The zero-order chi connectivity index (χ0) is 10.0. The molecule has 0 aromatic carbocycles. The fourth-order valence-electron chi connectivity index (χ4n) is 3.06. The molecule has 1 fully saturated rings. The maximum Gasteiger partial charge on any atom is -0.0381 e. The van der Waals surface area contributed by atoms with Crippen molar-refractivity contribution in [3.63, 3.8) is 0 Å². The van der Waals surface area contributed by atoms with Gasteiger partial charge in [-0.25, -0.2) is 0 Å². The van der Waals surface area contributed by atoms with Crippen molar-refractivity contribution in [3.8, 4) is 0 Å². The molecule has 0 radical (unpaired) electrons. The summed E-state index contributed by atoms with van der Waals surface area (Å²) in [5.74, 6) is 4.75. The third-order valence-corrected chi connectivity index (χ3v) is 3.89. The lowest BCUT2D eigenvalue weighted by atomic mass is 9.67. The van der Waals surface area contributed by atoms with Crippen LogP contribution in [0.4, 0.5) is 0 Å². The minimum absolute atomic E-state index is 0.880. The Kier molecular flexibility index (Phi) is 3.82. The molecule has 0 nitrogen and oxygen atoms in total. The van der Waals surface area contributed by atoms with E-state index in [2.05, 4.69) is 34.6 Å². The van der Waals surface area contributed by atoms with E-state index >= 15 is 0 Å². The molecule has 1 saturated carbocycles. The molecule has 1 aliphatic carbocycles. The lowest BCUT2D eigenvalue weighted by molar-refractivity contribution is 0.120. The zero-order valence-electron chi connectivity index (χ0n) is 10.0. The Hall–Kier alpha value is 0. The fraction of sp³-hybridized carbons (Fsp3) is 1.00. The van der Waals surface area contributed by atoms with Gasteiger partial charge in [-0.2, -0.15) is 0 Å². The lowest BCUT2D eigenvalue weighted by Crippen LogP contribution is -2.29. The Bertz CT molecular complexity index is 146. The third-order valence-electron chi connectivity index (χ3n) is 3.89. The molecule has 0 aromatic heterocycles. The van der Waals surface area contributed by atoms with Gasteiger partial charge in [0.25, 0.3) is 0 Å². The van der Waals surface area contributed by atoms with Crippen LogP contribution in [0.2, 0.25) is 0 Å². The second-order valence-electron chi connectivity index (χ2n) is 5.80. The normalized spacial score (nSPS) is 41.1. The minimum Gasteiger partial charge on any atom is -0.0628 e. The molecule has 0 aliphatic heterocycles. The summed E-state index contributed by atoms with van der Waals surface area (Å²) < 4.78 is 0. The van der Waals surface area contributed by atoms with E-state index in [0.29, 0.717) is 0 Å². The van der Waals surface area contributed by atoms with Crippen LogP contribution in [0, 0.1) is 29.6 Å². The molecule has 78 valence electrons. The van der Waals surface area contributed by atoms with Crippen LogP contribution in [0.3, 0.4) is 0 Å². The molecular formula is C13H26. The summed E-state index contributed by atoms with van der Waals surface area (Å²) in [7, 11) is 0. The van der Waals surface area contributed by atoms with Gasteiger partial charge in [-0.15, -0.1) is 0 Å². The van der Waals surface area contributed by atoms with Gasteiger partial charge < -0.3 is 0 Å². The second-order valence-corrected chi connectivity index (χ2v) is 5.80. The van der Waals surface area contributed by atoms with Crippen LogP contribution in [-0.4, -0.2) is 0 Å². The highest BCUT2D eigenvalue weighted by molar-refractivity contribution is 4.80. The number of rotatable bonds is 2. The van der Waals surface area contributed by atoms with E-state index in [9.17, 15) is 0 Å². The van der Waals surface area contributed by atoms with Crippen molar-refractivity contribution in [2.24, 2.45) is 29.6 Å². The maximum absolute atomic E-state index is 2.46. The van der Waals surface area contributed by atoms with Crippen molar-refractivity contribution in [3.05, 3.63) is 0 Å². The van der Waals surface area contributed by atoms with E-state index in [1.165, 1.54) is 19.3 Å². The van der Waals surface area contributed by atoms with Crippen LogP contribution in [0.5, 0.6) is 0 Å². The van der Waals surface area contributed by atoms with Crippen LogP contribution >= 0.6 is 0 Å². The van der Waals surface area contributed by atoms with E-state index < -0.39 is 0 Å². The first-order valence-corrected chi connectivity index (χ1v) is 6.00. The largest absolute Gasteiger partial charge is 0.0628 e. The molecule has 0 aromatic rings. The van der Waals surface area contributed by atoms with E-state index in [-0.39, 0.29) is 0 Å². The lowest BCUT2D eigenvalue weighted by Gasteiger charge is -2.38. The second kappa shape index (κ2) is 4.48. The third kappa shape index (κ3) is 3.00. The average Bonchev–Trinajstić information content (AvgIpc) is 1.98. The minimum atomic E-state index is 0.880. The van der Waals surface area contributed by atoms with Crippen LogP contribution < -0.4 is 0 Å². The van der Waals surface area contributed by atoms with Crippen LogP contribution in [0.15, 0.2) is 0 Å². The monoisotopic (exact) mass is 182 g/mol. The van der Waals surface area contributed by atoms with Crippen LogP contribution in [-0.2, 0) is 0 Å². The molecule has 0 saturated heterocycles. The van der Waals surface area contributed by atoms with Gasteiger partial charge in [0.15, 0.2) is 0 Å². The predicted octanol–water partition coefficient (Wildman–Crippen LogP) is 4.35. The summed E-state index contributed by atoms with van der Waals surface area (Å²) in [5.41, 5.74) is 0. The molecule has 1 aliphatic rings. The molecular weight excluding hydrogens is 156 g/mol. The average molecular weight is 182 g/mol. The summed E-state index contributed by atoms with van der Waals surface area (Å²) >= 11 is 0. The molecule has 4 unspecified atom stereocenters. The van der Waals surface area contributed by atoms with Gasteiger partial charge in [0.05, 0.1) is 0 Å². The molecule has 0 amide bonds. The summed E-state index contributed by atoms with van der Waals surface area (Å²) in [5, 5.41) is 0. The van der Waals surface area contributed by atoms with E-state index in [1.54, 1.807) is 0 Å². The first-order valence-electron chi connectivity index (χ1n) is 6.00. The Morgan fingerprint density at radius 2 is 1.69 bits per heavy atom. The number of hydrogen-bond acceptors (Lipinski definition) is 0. The van der Waals surface area contributed by atoms with E-state index in [0.717, 1.165) is 29.6 Å². The Morgan fingerprint density at radius 3 is 2.23 bits per heavy atom. The molecule has 0 N–H and O–H groups in total.